The van der Waals surface area contributed by atoms with Gasteiger partial charge in [-0.1, -0.05) is 108 Å². The maximum absolute atomic E-state index is 12.9. The minimum Gasteiger partial charge on any atom is -0.340 e. The van der Waals surface area contributed by atoms with Gasteiger partial charge in [0.15, 0.2) is 0 Å². The van der Waals surface area contributed by atoms with Gasteiger partial charge < -0.3 is 20.4 Å². The lowest BCUT2D eigenvalue weighted by molar-refractivity contribution is -0.120. The Hall–Kier alpha value is -5.70. The zero-order valence-electron chi connectivity index (χ0n) is 29.8. The molecule has 4 aliphatic rings. The van der Waals surface area contributed by atoms with E-state index in [4.69, 9.17) is 23.2 Å². The number of carbonyl (C=O) groups is 4. The maximum Gasteiger partial charge on any atom is 0.254 e. The summed E-state index contributed by atoms with van der Waals surface area (Å²) in [7, 11) is 3.37. The number of hydrogen-bond donors (Lipinski definition) is 2. The van der Waals surface area contributed by atoms with Crippen molar-refractivity contribution in [1.82, 2.24) is 10.6 Å². The third-order valence-corrected chi connectivity index (χ3v) is 10.5. The van der Waals surface area contributed by atoms with E-state index in [0.29, 0.717) is 45.4 Å². The van der Waals surface area contributed by atoms with Crippen molar-refractivity contribution in [2.75, 3.05) is 23.9 Å². The van der Waals surface area contributed by atoms with Crippen molar-refractivity contribution < 1.29 is 19.2 Å². The summed E-state index contributed by atoms with van der Waals surface area (Å²) in [6, 6.07) is 25.0. The molecule has 4 amide bonds. The fraction of sp³-hybridized carbons (Fsp3) is 0.182. The molecule has 4 aromatic carbocycles. The molecule has 2 N–H and O–H groups in total. The molecule has 0 radical (unpaired) electrons. The highest BCUT2D eigenvalue weighted by Gasteiger charge is 2.33. The van der Waals surface area contributed by atoms with Crippen molar-refractivity contribution >= 4 is 69.4 Å². The van der Waals surface area contributed by atoms with E-state index in [1.165, 1.54) is 20.9 Å². The SMILES string of the molecule is CN1C(=O)C(Cc2ccc(C3=CCC=C3)cc2)NC(=O)c2cc(Cl)ccc21.CN1C(=O)C(Cc2ccc(C3=CCC=C3)cc2)NC(=O)c2cc(Cl)ccc21. The van der Waals surface area contributed by atoms with Crippen LogP contribution in [0, 0.1) is 0 Å². The van der Waals surface area contributed by atoms with Crippen LogP contribution in [0.1, 0.15) is 55.8 Å². The van der Waals surface area contributed by atoms with Crippen LogP contribution in [-0.4, -0.2) is 49.8 Å². The van der Waals surface area contributed by atoms with E-state index >= 15 is 0 Å². The molecule has 0 saturated carbocycles. The molecule has 2 heterocycles. The molecule has 10 heteroatoms. The average Bonchev–Trinajstić information content (AvgIpc) is 3.91. The molecule has 2 atom stereocenters. The van der Waals surface area contributed by atoms with Gasteiger partial charge in [-0.2, -0.15) is 0 Å². The van der Waals surface area contributed by atoms with Crippen LogP contribution in [0.5, 0.6) is 0 Å². The summed E-state index contributed by atoms with van der Waals surface area (Å²) in [5.74, 6) is -0.856. The minimum absolute atomic E-state index is 0.144. The van der Waals surface area contributed by atoms with Gasteiger partial charge in [-0.05, 0) is 82.6 Å². The summed E-state index contributed by atoms with van der Waals surface area (Å²) in [4.78, 5) is 54.0. The van der Waals surface area contributed by atoms with Crippen LogP contribution in [0.25, 0.3) is 11.1 Å². The number of anilines is 2. The van der Waals surface area contributed by atoms with Gasteiger partial charge in [-0.25, -0.2) is 0 Å². The number of hydrogen-bond acceptors (Lipinski definition) is 4. The zero-order chi connectivity index (χ0) is 37.9. The van der Waals surface area contributed by atoms with Crippen LogP contribution in [-0.2, 0) is 22.4 Å². The number of rotatable bonds is 6. The molecule has 8 rings (SSSR count). The average molecular weight is 758 g/mol. The highest BCUT2D eigenvalue weighted by molar-refractivity contribution is 6.31. The molecule has 0 spiro atoms. The Labute approximate surface area is 324 Å². The van der Waals surface area contributed by atoms with Crippen molar-refractivity contribution in [3.05, 3.63) is 165 Å². The molecule has 2 aliphatic heterocycles. The molecule has 4 aromatic rings. The van der Waals surface area contributed by atoms with Gasteiger partial charge in [0.05, 0.1) is 22.5 Å². The molecule has 54 heavy (non-hydrogen) atoms. The molecule has 0 aromatic heterocycles. The van der Waals surface area contributed by atoms with Crippen LogP contribution in [0.4, 0.5) is 11.4 Å². The van der Waals surface area contributed by atoms with Crippen LogP contribution >= 0.6 is 23.2 Å². The molecule has 0 saturated heterocycles. The first-order valence-corrected chi connectivity index (χ1v) is 18.5. The predicted octanol–water partition coefficient (Wildman–Crippen LogP) is 8.00. The molecule has 0 fully saturated rings. The maximum atomic E-state index is 12.9. The Balaban J connectivity index is 0.000000167. The number of halogens is 2. The molecule has 2 unspecified atom stereocenters. The Kier molecular flexibility index (Phi) is 10.7. The van der Waals surface area contributed by atoms with Gasteiger partial charge in [0, 0.05) is 37.0 Å². The van der Waals surface area contributed by atoms with E-state index in [2.05, 4.69) is 71.4 Å². The number of carbonyl (C=O) groups excluding carboxylic acids is 4. The predicted molar refractivity (Wildman–Crippen MR) is 216 cm³/mol. The first kappa shape index (κ1) is 36.6. The highest BCUT2D eigenvalue weighted by Crippen LogP contribution is 2.29. The first-order valence-electron chi connectivity index (χ1n) is 17.7. The number of nitrogens with zero attached hydrogens (tertiary/aromatic N) is 2. The van der Waals surface area contributed by atoms with E-state index < -0.39 is 12.1 Å². The lowest BCUT2D eigenvalue weighted by Gasteiger charge is -2.21. The van der Waals surface area contributed by atoms with E-state index in [1.807, 2.05) is 24.3 Å². The summed E-state index contributed by atoms with van der Waals surface area (Å²) in [5.41, 5.74) is 8.70. The van der Waals surface area contributed by atoms with E-state index in [9.17, 15) is 19.2 Å². The number of allylic oxidation sites excluding steroid dienone is 8. The molecule has 272 valence electrons. The van der Waals surface area contributed by atoms with Crippen molar-refractivity contribution in [2.45, 2.75) is 37.8 Å². The van der Waals surface area contributed by atoms with Crippen molar-refractivity contribution in [3.8, 4) is 0 Å². The van der Waals surface area contributed by atoms with Crippen LogP contribution in [0.3, 0.4) is 0 Å². The number of amides is 4. The lowest BCUT2D eigenvalue weighted by Crippen LogP contribution is -2.45. The summed E-state index contributed by atoms with van der Waals surface area (Å²) in [6.07, 6.45) is 15.7. The van der Waals surface area contributed by atoms with Crippen molar-refractivity contribution in [1.29, 1.82) is 0 Å². The fourth-order valence-electron chi connectivity index (χ4n) is 7.02. The topological polar surface area (TPSA) is 98.8 Å². The quantitative estimate of drug-likeness (QED) is 0.208. The molecule has 0 bridgehead atoms. The van der Waals surface area contributed by atoms with Gasteiger partial charge >= 0.3 is 0 Å². The summed E-state index contributed by atoms with van der Waals surface area (Å²) in [6.45, 7) is 0. The molecule has 8 nitrogen and oxygen atoms in total. The van der Waals surface area contributed by atoms with Crippen LogP contribution in [0.15, 0.2) is 121 Å². The Morgan fingerprint density at radius 1 is 0.574 bits per heavy atom. The smallest absolute Gasteiger partial charge is 0.254 e. The largest absolute Gasteiger partial charge is 0.340 e. The lowest BCUT2D eigenvalue weighted by atomic mass is 10.0. The van der Waals surface area contributed by atoms with Crippen molar-refractivity contribution in [3.63, 3.8) is 0 Å². The molecular formula is C44H38Cl2N4O4. The standard InChI is InChI=1S/2C22H19ClN2O2/c2*1-25-20-11-10-17(23)13-18(20)21(26)24-19(22(25)27)12-14-6-8-16(9-7-14)15-4-2-3-5-15/h2*2,4-11,13,19H,3,12H2,1H3,(H,24,26). The van der Waals surface area contributed by atoms with Gasteiger partial charge in [-0.15, -0.1) is 0 Å². The third kappa shape index (κ3) is 7.81. The number of fused-ring (bicyclic) bond motifs is 2. The fourth-order valence-corrected chi connectivity index (χ4v) is 7.37. The highest BCUT2D eigenvalue weighted by atomic mass is 35.5. The second kappa shape index (κ2) is 15.7. The van der Waals surface area contributed by atoms with Gasteiger partial charge in [-0.3, -0.25) is 19.2 Å². The van der Waals surface area contributed by atoms with Gasteiger partial charge in [0.1, 0.15) is 12.1 Å². The van der Waals surface area contributed by atoms with Crippen LogP contribution in [0.2, 0.25) is 10.0 Å². The monoisotopic (exact) mass is 756 g/mol. The second-order valence-corrected chi connectivity index (χ2v) is 14.4. The van der Waals surface area contributed by atoms with Crippen LogP contribution < -0.4 is 20.4 Å². The summed E-state index contributed by atoms with van der Waals surface area (Å²) in [5, 5.41) is 6.63. The minimum atomic E-state index is -0.620. The first-order chi connectivity index (χ1) is 26.0. The summed E-state index contributed by atoms with van der Waals surface area (Å²) >= 11 is 12.0. The number of likely N-dealkylation sites (N-methyl/N-ethyl adjacent to an activating group) is 2. The number of nitrogens with one attached hydrogen (secondary N) is 2. The van der Waals surface area contributed by atoms with Gasteiger partial charge in [0.2, 0.25) is 11.8 Å². The Bertz CT molecular complexity index is 2110. The van der Waals surface area contributed by atoms with Crippen molar-refractivity contribution in [2.24, 2.45) is 0 Å². The zero-order valence-corrected chi connectivity index (χ0v) is 31.3. The Morgan fingerprint density at radius 3 is 1.31 bits per heavy atom. The molecule has 2 aliphatic carbocycles. The third-order valence-electron chi connectivity index (χ3n) is 9.99. The molecular weight excluding hydrogens is 719 g/mol. The number of benzene rings is 4. The van der Waals surface area contributed by atoms with E-state index in [1.54, 1.807) is 50.5 Å². The van der Waals surface area contributed by atoms with E-state index in [-0.39, 0.29) is 23.6 Å². The normalized spacial score (nSPS) is 18.8. The van der Waals surface area contributed by atoms with E-state index in [0.717, 1.165) is 35.1 Å². The second-order valence-electron chi connectivity index (χ2n) is 13.6. The summed E-state index contributed by atoms with van der Waals surface area (Å²) < 4.78 is 0. The Morgan fingerprint density at radius 2 is 0.963 bits per heavy atom. The van der Waals surface area contributed by atoms with Gasteiger partial charge in [0.25, 0.3) is 11.8 Å².